The third kappa shape index (κ3) is 2.95. The van der Waals surface area contributed by atoms with Gasteiger partial charge in [0.05, 0.1) is 4.32 Å². The molecule has 1 heterocycles. The Labute approximate surface area is 113 Å². The van der Waals surface area contributed by atoms with Gasteiger partial charge >= 0.3 is 0 Å². The lowest BCUT2D eigenvalue weighted by Gasteiger charge is -2.15. The molecule has 0 saturated heterocycles. The number of nitrogens with one attached hydrogen (secondary N) is 1. The fraction of sp³-hybridized carbons (Fsp3) is 0.250. The van der Waals surface area contributed by atoms with Gasteiger partial charge in [0.2, 0.25) is 18.2 Å². The van der Waals surface area contributed by atoms with Crippen molar-refractivity contribution in [2.75, 3.05) is 5.32 Å². The molecule has 6 heteroatoms. The van der Waals surface area contributed by atoms with Gasteiger partial charge in [0.25, 0.3) is 0 Å². The van der Waals surface area contributed by atoms with E-state index in [0.717, 1.165) is 11.3 Å². The van der Waals surface area contributed by atoms with E-state index in [1.165, 1.54) is 6.39 Å². The van der Waals surface area contributed by atoms with Gasteiger partial charge in [0.15, 0.2) is 0 Å². The van der Waals surface area contributed by atoms with Crippen LogP contribution in [0.3, 0.4) is 0 Å². The summed E-state index contributed by atoms with van der Waals surface area (Å²) in [6.45, 7) is 3.57. The maximum atomic E-state index is 11.7. The summed E-state index contributed by atoms with van der Waals surface area (Å²) in [5, 5.41) is 10.2. The Balaban J connectivity index is 2.12. The molecular formula is C12H12BrN3O2. The van der Waals surface area contributed by atoms with Crippen molar-refractivity contribution in [3.05, 3.63) is 30.7 Å². The van der Waals surface area contributed by atoms with Crippen molar-refractivity contribution in [1.82, 2.24) is 10.2 Å². The number of alkyl halides is 1. The summed E-state index contributed by atoms with van der Waals surface area (Å²) in [4.78, 5) is 11.7. The Hall–Kier alpha value is -1.69. The van der Waals surface area contributed by atoms with Crippen LogP contribution >= 0.6 is 15.9 Å². The predicted molar refractivity (Wildman–Crippen MR) is 71.4 cm³/mol. The van der Waals surface area contributed by atoms with E-state index < -0.39 is 4.32 Å². The maximum Gasteiger partial charge on any atom is 0.247 e. The quantitative estimate of drug-likeness (QED) is 0.885. The van der Waals surface area contributed by atoms with Gasteiger partial charge in [-0.25, -0.2) is 0 Å². The van der Waals surface area contributed by atoms with Crippen LogP contribution in [0.2, 0.25) is 0 Å². The first-order chi connectivity index (χ1) is 8.47. The van der Waals surface area contributed by atoms with E-state index >= 15 is 0 Å². The SMILES string of the molecule is CC(C)(Br)C(=O)Nc1ccc(-c2nnco2)cc1. The Morgan fingerprint density at radius 2 is 2.00 bits per heavy atom. The predicted octanol–water partition coefficient (Wildman–Crippen LogP) is 2.85. The van der Waals surface area contributed by atoms with Crippen LogP contribution in [0.15, 0.2) is 35.1 Å². The van der Waals surface area contributed by atoms with Crippen molar-refractivity contribution in [2.24, 2.45) is 0 Å². The van der Waals surface area contributed by atoms with Crippen LogP contribution in [-0.4, -0.2) is 20.4 Å². The number of nitrogens with zero attached hydrogens (tertiary/aromatic N) is 2. The number of carbonyl (C=O) groups is 1. The fourth-order valence-electron chi connectivity index (χ4n) is 1.27. The van der Waals surface area contributed by atoms with Crippen LogP contribution in [0, 0.1) is 0 Å². The van der Waals surface area contributed by atoms with Gasteiger partial charge in [0.1, 0.15) is 0 Å². The molecule has 0 aliphatic carbocycles. The first-order valence-electron chi connectivity index (χ1n) is 5.34. The maximum absolute atomic E-state index is 11.7. The van der Waals surface area contributed by atoms with Crippen LogP contribution in [0.1, 0.15) is 13.8 Å². The summed E-state index contributed by atoms with van der Waals surface area (Å²) in [7, 11) is 0. The van der Waals surface area contributed by atoms with Gasteiger partial charge in [-0.05, 0) is 38.1 Å². The molecule has 0 radical (unpaired) electrons. The molecule has 94 valence electrons. The lowest BCUT2D eigenvalue weighted by atomic mass is 10.1. The number of rotatable bonds is 3. The van der Waals surface area contributed by atoms with Crippen molar-refractivity contribution in [3.8, 4) is 11.5 Å². The number of halogens is 1. The molecule has 18 heavy (non-hydrogen) atoms. The number of hydrogen-bond acceptors (Lipinski definition) is 4. The number of amides is 1. The van der Waals surface area contributed by atoms with Gasteiger partial charge in [-0.2, -0.15) is 0 Å². The van der Waals surface area contributed by atoms with Crippen LogP contribution in [0.25, 0.3) is 11.5 Å². The van der Waals surface area contributed by atoms with E-state index in [2.05, 4.69) is 31.4 Å². The Morgan fingerprint density at radius 1 is 1.33 bits per heavy atom. The van der Waals surface area contributed by atoms with E-state index in [-0.39, 0.29) is 5.91 Å². The summed E-state index contributed by atoms with van der Waals surface area (Å²) in [6, 6.07) is 7.20. The molecule has 0 atom stereocenters. The van der Waals surface area contributed by atoms with E-state index in [9.17, 15) is 4.79 Å². The Morgan fingerprint density at radius 3 is 2.50 bits per heavy atom. The second-order valence-electron chi connectivity index (χ2n) is 4.25. The monoisotopic (exact) mass is 309 g/mol. The number of benzene rings is 1. The highest BCUT2D eigenvalue weighted by molar-refractivity contribution is 9.10. The van der Waals surface area contributed by atoms with Crippen LogP contribution in [0.4, 0.5) is 5.69 Å². The number of carbonyl (C=O) groups excluding carboxylic acids is 1. The smallest absolute Gasteiger partial charge is 0.247 e. The molecule has 2 rings (SSSR count). The Bertz CT molecular complexity index is 529. The molecule has 0 bridgehead atoms. The molecule has 0 saturated carbocycles. The van der Waals surface area contributed by atoms with Crippen molar-refractivity contribution in [1.29, 1.82) is 0 Å². The van der Waals surface area contributed by atoms with Gasteiger partial charge in [-0.15, -0.1) is 10.2 Å². The van der Waals surface area contributed by atoms with E-state index in [1.54, 1.807) is 26.0 Å². The minimum atomic E-state index is -0.599. The topological polar surface area (TPSA) is 68.0 Å². The van der Waals surface area contributed by atoms with Gasteiger partial charge in [0, 0.05) is 11.3 Å². The van der Waals surface area contributed by atoms with Crippen LogP contribution in [0.5, 0.6) is 0 Å². The highest BCUT2D eigenvalue weighted by atomic mass is 79.9. The Kier molecular flexibility index (Phi) is 3.47. The zero-order valence-corrected chi connectivity index (χ0v) is 11.6. The molecule has 1 N–H and O–H groups in total. The first-order valence-corrected chi connectivity index (χ1v) is 6.13. The van der Waals surface area contributed by atoms with Crippen LogP contribution in [-0.2, 0) is 4.79 Å². The highest BCUT2D eigenvalue weighted by Crippen LogP contribution is 2.21. The molecule has 5 nitrogen and oxygen atoms in total. The van der Waals surface area contributed by atoms with Gasteiger partial charge < -0.3 is 9.73 Å². The second-order valence-corrected chi connectivity index (χ2v) is 6.23. The second kappa shape index (κ2) is 4.89. The molecule has 0 fully saturated rings. The zero-order valence-electron chi connectivity index (χ0n) is 9.98. The third-order valence-electron chi connectivity index (χ3n) is 2.29. The number of hydrogen-bond donors (Lipinski definition) is 1. The van der Waals surface area contributed by atoms with E-state index in [1.807, 2.05) is 12.1 Å². The van der Waals surface area contributed by atoms with Crippen molar-refractivity contribution in [2.45, 2.75) is 18.2 Å². The molecule has 2 aromatic rings. The summed E-state index contributed by atoms with van der Waals surface area (Å²) in [5.41, 5.74) is 1.53. The lowest BCUT2D eigenvalue weighted by Crippen LogP contribution is -2.30. The summed E-state index contributed by atoms with van der Waals surface area (Å²) in [6.07, 6.45) is 1.28. The summed E-state index contributed by atoms with van der Waals surface area (Å²) < 4.78 is 4.48. The minimum Gasteiger partial charge on any atom is -0.423 e. The highest BCUT2D eigenvalue weighted by Gasteiger charge is 2.23. The number of aromatic nitrogens is 2. The van der Waals surface area contributed by atoms with Crippen LogP contribution < -0.4 is 5.32 Å². The normalized spacial score (nSPS) is 11.3. The van der Waals surface area contributed by atoms with E-state index in [0.29, 0.717) is 5.89 Å². The summed E-state index contributed by atoms with van der Waals surface area (Å²) >= 11 is 3.30. The molecule has 0 unspecified atom stereocenters. The molecule has 1 amide bonds. The van der Waals surface area contributed by atoms with Crippen molar-refractivity contribution in [3.63, 3.8) is 0 Å². The zero-order chi connectivity index (χ0) is 13.2. The lowest BCUT2D eigenvalue weighted by molar-refractivity contribution is -0.117. The number of anilines is 1. The minimum absolute atomic E-state index is 0.104. The molecule has 0 spiro atoms. The third-order valence-corrected chi connectivity index (χ3v) is 2.65. The largest absolute Gasteiger partial charge is 0.423 e. The average Bonchev–Trinajstić information content (AvgIpc) is 2.82. The van der Waals surface area contributed by atoms with Crippen molar-refractivity contribution < 1.29 is 9.21 Å². The molecular weight excluding hydrogens is 298 g/mol. The molecule has 0 aliphatic heterocycles. The molecule has 1 aromatic heterocycles. The van der Waals surface area contributed by atoms with Gasteiger partial charge in [-0.1, -0.05) is 15.9 Å². The van der Waals surface area contributed by atoms with Crippen molar-refractivity contribution >= 4 is 27.5 Å². The molecule has 1 aromatic carbocycles. The van der Waals surface area contributed by atoms with Gasteiger partial charge in [-0.3, -0.25) is 4.79 Å². The first kappa shape index (κ1) is 12.8. The fourth-order valence-corrected chi connectivity index (χ4v) is 1.37. The van der Waals surface area contributed by atoms with E-state index in [4.69, 9.17) is 4.42 Å². The standard InChI is InChI=1S/C12H12BrN3O2/c1-12(2,13)11(17)15-9-5-3-8(4-6-9)10-16-14-7-18-10/h3-7H,1-2H3,(H,15,17). The summed E-state index contributed by atoms with van der Waals surface area (Å²) in [5.74, 6) is 0.349. The molecule has 0 aliphatic rings. The average molecular weight is 310 g/mol.